The van der Waals surface area contributed by atoms with Crippen molar-refractivity contribution in [1.29, 1.82) is 0 Å². The highest BCUT2D eigenvalue weighted by Gasteiger charge is 2.34. The molecule has 66 heavy (non-hydrogen) atoms. The molecule has 0 radical (unpaired) electrons. The summed E-state index contributed by atoms with van der Waals surface area (Å²) in [4.78, 5) is 117. The molecule has 0 aliphatic rings. The Bertz CT molecular complexity index is 1950. The SMILES string of the molecule is CC[C@H](C)[C@H](NC(=O)CN)C(=O)N[C@@H](Cc1ccc(O)cc1)C(=O)N[C@@H](Cc1ccccc1)C(=O)N[C@@H](C)C(=O)N[C@@H](C)C(=O)N[C@H](C(=O)NCC(=O)N[C@@H](CCCCN)C(=O)O)[C@@H](C)O. The number of rotatable bonds is 28. The first-order chi connectivity index (χ1) is 31.2. The van der Waals surface area contributed by atoms with Crippen LogP contribution in [0.15, 0.2) is 54.6 Å². The monoisotopic (exact) mass is 926 g/mol. The zero-order valence-electron chi connectivity index (χ0n) is 37.9. The lowest BCUT2D eigenvalue weighted by Gasteiger charge is -2.28. The molecule has 9 atom stereocenters. The Labute approximate surface area is 383 Å². The van der Waals surface area contributed by atoms with E-state index in [0.29, 0.717) is 36.9 Å². The molecular weight excluding hydrogens is 861 g/mol. The number of nitrogens with two attached hydrogens (primary N) is 2. The molecule has 0 unspecified atom stereocenters. The van der Waals surface area contributed by atoms with Gasteiger partial charge in [0.2, 0.25) is 47.3 Å². The van der Waals surface area contributed by atoms with Gasteiger partial charge in [-0.15, -0.1) is 0 Å². The number of amides is 8. The molecule has 0 bridgehead atoms. The van der Waals surface area contributed by atoms with Crippen LogP contribution in [0.2, 0.25) is 0 Å². The fraction of sp³-hybridized carbons (Fsp3) is 0.523. The number of carboxylic acid groups (broad SMARTS) is 1. The van der Waals surface area contributed by atoms with Gasteiger partial charge in [-0.3, -0.25) is 38.4 Å². The smallest absolute Gasteiger partial charge is 0.326 e. The van der Waals surface area contributed by atoms with Crippen molar-refractivity contribution < 1.29 is 58.5 Å². The lowest BCUT2D eigenvalue weighted by molar-refractivity contribution is -0.142. The summed E-state index contributed by atoms with van der Waals surface area (Å²) in [6.07, 6.45) is -0.0526. The van der Waals surface area contributed by atoms with Crippen LogP contribution in [0, 0.1) is 5.92 Å². The Kier molecular flexibility index (Phi) is 23.8. The molecule has 22 nitrogen and oxygen atoms in total. The molecule has 22 heteroatoms. The van der Waals surface area contributed by atoms with Crippen molar-refractivity contribution >= 4 is 53.2 Å². The molecule has 0 fully saturated rings. The number of nitrogens with one attached hydrogen (secondary N) is 8. The minimum absolute atomic E-state index is 0.0346. The molecule has 15 N–H and O–H groups in total. The summed E-state index contributed by atoms with van der Waals surface area (Å²) in [5.74, 6) is -8.12. The van der Waals surface area contributed by atoms with E-state index in [2.05, 4.69) is 42.5 Å². The second-order valence-corrected chi connectivity index (χ2v) is 16.0. The van der Waals surface area contributed by atoms with Crippen molar-refractivity contribution in [1.82, 2.24) is 42.5 Å². The second kappa shape index (κ2) is 28.3. The maximum Gasteiger partial charge on any atom is 0.326 e. The third-order valence-corrected chi connectivity index (χ3v) is 10.5. The van der Waals surface area contributed by atoms with Crippen molar-refractivity contribution in [2.45, 2.75) is 122 Å². The fourth-order valence-electron chi connectivity index (χ4n) is 6.34. The van der Waals surface area contributed by atoms with Crippen molar-refractivity contribution in [3.63, 3.8) is 0 Å². The van der Waals surface area contributed by atoms with Gasteiger partial charge in [0, 0.05) is 12.8 Å². The quantitative estimate of drug-likeness (QED) is 0.0387. The Balaban J connectivity index is 2.21. The van der Waals surface area contributed by atoms with E-state index in [9.17, 15) is 58.5 Å². The maximum atomic E-state index is 14.1. The Morgan fingerprint density at radius 3 is 1.64 bits per heavy atom. The molecule has 2 aromatic carbocycles. The number of aliphatic hydroxyl groups excluding tert-OH is 1. The fourth-order valence-corrected chi connectivity index (χ4v) is 6.34. The molecule has 0 heterocycles. The average molecular weight is 927 g/mol. The summed E-state index contributed by atoms with van der Waals surface area (Å²) in [5, 5.41) is 49.3. The number of hydrogen-bond donors (Lipinski definition) is 13. The van der Waals surface area contributed by atoms with Crippen LogP contribution < -0.4 is 54.0 Å². The standard InChI is InChI=1S/C44H66N10O12/c1-6-24(2)36(53-34(57)22-46)43(64)52-33(21-29-15-17-30(56)18-16-29)41(62)51-32(20-28-12-8-7-9-13-28)40(61)49-25(3)38(59)48-26(4)39(60)54-37(27(5)55)42(63)47-23-35(58)50-31(44(65)66)14-10-11-19-45/h7-9,12-13,15-18,24-27,31-33,36-37,55-56H,6,10-11,14,19-23,45-46H2,1-5H3,(H,47,63)(H,48,59)(H,49,61)(H,50,58)(H,51,62)(H,52,64)(H,53,57)(H,54,60)(H,65,66)/t24-,25-,26-,27+,31-,32-,33-,36-,37-/m0/s1. The van der Waals surface area contributed by atoms with Gasteiger partial charge in [0.1, 0.15) is 48.0 Å². The Morgan fingerprint density at radius 1 is 0.576 bits per heavy atom. The van der Waals surface area contributed by atoms with E-state index < -0.39 is 108 Å². The molecule has 0 aromatic heterocycles. The van der Waals surface area contributed by atoms with Crippen molar-refractivity contribution in [3.8, 4) is 5.75 Å². The molecular formula is C44H66N10O12. The average Bonchev–Trinajstić information content (AvgIpc) is 3.28. The van der Waals surface area contributed by atoms with Gasteiger partial charge >= 0.3 is 5.97 Å². The van der Waals surface area contributed by atoms with Gasteiger partial charge in [0.05, 0.1) is 19.2 Å². The molecule has 0 aliphatic carbocycles. The summed E-state index contributed by atoms with van der Waals surface area (Å²) in [7, 11) is 0. The van der Waals surface area contributed by atoms with Gasteiger partial charge in [-0.2, -0.15) is 0 Å². The molecule has 364 valence electrons. The zero-order chi connectivity index (χ0) is 49.5. The first-order valence-electron chi connectivity index (χ1n) is 21.7. The minimum Gasteiger partial charge on any atom is -0.508 e. The summed E-state index contributed by atoms with van der Waals surface area (Å²) in [6.45, 7) is 6.65. The van der Waals surface area contributed by atoms with Crippen LogP contribution in [0.4, 0.5) is 0 Å². The minimum atomic E-state index is -1.60. The van der Waals surface area contributed by atoms with Gasteiger partial charge in [-0.25, -0.2) is 4.79 Å². The number of phenolic OH excluding ortho intramolecular Hbond substituents is 1. The number of carbonyl (C=O) groups excluding carboxylic acids is 8. The number of aliphatic carboxylic acids is 1. The third kappa shape index (κ3) is 19.2. The van der Waals surface area contributed by atoms with Crippen molar-refractivity contribution in [2.75, 3.05) is 19.6 Å². The third-order valence-electron chi connectivity index (χ3n) is 10.5. The van der Waals surface area contributed by atoms with Gasteiger partial charge in [0.15, 0.2) is 0 Å². The van der Waals surface area contributed by atoms with E-state index in [4.69, 9.17) is 11.5 Å². The Morgan fingerprint density at radius 2 is 1.11 bits per heavy atom. The van der Waals surface area contributed by atoms with Crippen LogP contribution in [-0.2, 0) is 56.0 Å². The topological polar surface area (TPSA) is 363 Å². The molecule has 0 aliphatic heterocycles. The number of carboxylic acids is 1. The van der Waals surface area contributed by atoms with Crippen LogP contribution in [-0.4, -0.2) is 137 Å². The van der Waals surface area contributed by atoms with E-state index in [-0.39, 0.29) is 37.5 Å². The molecule has 2 rings (SSSR count). The van der Waals surface area contributed by atoms with Crippen LogP contribution >= 0.6 is 0 Å². The van der Waals surface area contributed by atoms with Crippen LogP contribution in [0.3, 0.4) is 0 Å². The lowest BCUT2D eigenvalue weighted by atomic mass is 9.97. The highest BCUT2D eigenvalue weighted by atomic mass is 16.4. The van der Waals surface area contributed by atoms with Crippen molar-refractivity contribution in [3.05, 3.63) is 65.7 Å². The van der Waals surface area contributed by atoms with E-state index in [1.807, 2.05) is 6.92 Å². The molecule has 2 aromatic rings. The van der Waals surface area contributed by atoms with Crippen LogP contribution in [0.1, 0.15) is 71.4 Å². The number of unbranched alkanes of at least 4 members (excludes halogenated alkanes) is 1. The summed E-state index contributed by atoms with van der Waals surface area (Å²) < 4.78 is 0. The summed E-state index contributed by atoms with van der Waals surface area (Å²) >= 11 is 0. The first-order valence-corrected chi connectivity index (χ1v) is 21.7. The molecule has 0 saturated carbocycles. The number of aliphatic hydroxyl groups is 1. The van der Waals surface area contributed by atoms with E-state index in [1.54, 1.807) is 49.4 Å². The summed E-state index contributed by atoms with van der Waals surface area (Å²) in [5.41, 5.74) is 12.1. The predicted octanol–water partition coefficient (Wildman–Crippen LogP) is -2.67. The van der Waals surface area contributed by atoms with Gasteiger partial charge < -0.3 is 69.3 Å². The van der Waals surface area contributed by atoms with Gasteiger partial charge in [0.25, 0.3) is 0 Å². The predicted molar refractivity (Wildman–Crippen MR) is 241 cm³/mol. The maximum absolute atomic E-state index is 14.1. The zero-order valence-corrected chi connectivity index (χ0v) is 37.9. The molecule has 0 spiro atoms. The van der Waals surface area contributed by atoms with E-state index in [1.165, 1.54) is 32.9 Å². The molecule has 8 amide bonds. The van der Waals surface area contributed by atoms with Gasteiger partial charge in [-0.05, 0) is 75.8 Å². The van der Waals surface area contributed by atoms with E-state index in [0.717, 1.165) is 0 Å². The highest BCUT2D eigenvalue weighted by molar-refractivity contribution is 5.97. The van der Waals surface area contributed by atoms with E-state index >= 15 is 0 Å². The lowest BCUT2D eigenvalue weighted by Crippen LogP contribution is -2.60. The van der Waals surface area contributed by atoms with Crippen LogP contribution in [0.25, 0.3) is 0 Å². The number of aromatic hydroxyl groups is 1. The number of phenols is 1. The van der Waals surface area contributed by atoms with Crippen LogP contribution in [0.5, 0.6) is 5.75 Å². The summed E-state index contributed by atoms with van der Waals surface area (Å²) in [6, 6.07) is 5.37. The van der Waals surface area contributed by atoms with Gasteiger partial charge in [-0.1, -0.05) is 62.7 Å². The first kappa shape index (κ1) is 55.5. The Hall–Kier alpha value is -6.65. The number of benzene rings is 2. The second-order valence-electron chi connectivity index (χ2n) is 16.0. The largest absolute Gasteiger partial charge is 0.508 e. The highest BCUT2D eigenvalue weighted by Crippen LogP contribution is 2.14. The normalized spacial score (nSPS) is 15.0. The number of carbonyl (C=O) groups is 9. The van der Waals surface area contributed by atoms with Crippen molar-refractivity contribution in [2.24, 2.45) is 17.4 Å². The number of hydrogen-bond acceptors (Lipinski definition) is 13. The molecule has 0 saturated heterocycles.